The summed E-state index contributed by atoms with van der Waals surface area (Å²) < 4.78 is 0.940. The van der Waals surface area contributed by atoms with E-state index < -0.39 is 0 Å². The Balaban J connectivity index is 1.90. The number of nitrogens with one attached hydrogen (secondary N) is 1. The SMILES string of the molecule is CC1CCCC1CNc1ncncc1Br. The maximum atomic E-state index is 4.20. The number of rotatable bonds is 3. The Labute approximate surface area is 98.8 Å². The third-order valence-electron chi connectivity index (χ3n) is 3.24. The quantitative estimate of drug-likeness (QED) is 0.917. The molecule has 2 atom stereocenters. The fourth-order valence-electron chi connectivity index (χ4n) is 2.20. The van der Waals surface area contributed by atoms with Crippen LogP contribution >= 0.6 is 15.9 Å². The van der Waals surface area contributed by atoms with E-state index in [2.05, 4.69) is 38.1 Å². The van der Waals surface area contributed by atoms with Gasteiger partial charge in [-0.3, -0.25) is 0 Å². The van der Waals surface area contributed by atoms with Crippen molar-refractivity contribution in [2.75, 3.05) is 11.9 Å². The van der Waals surface area contributed by atoms with Crippen molar-refractivity contribution in [1.82, 2.24) is 9.97 Å². The Hall–Kier alpha value is -0.640. The fraction of sp³-hybridized carbons (Fsp3) is 0.636. The van der Waals surface area contributed by atoms with Crippen LogP contribution in [0.3, 0.4) is 0 Å². The van der Waals surface area contributed by atoms with Crippen LogP contribution in [-0.4, -0.2) is 16.5 Å². The van der Waals surface area contributed by atoms with Crippen LogP contribution in [0.2, 0.25) is 0 Å². The maximum absolute atomic E-state index is 4.20. The maximum Gasteiger partial charge on any atom is 0.143 e. The zero-order valence-corrected chi connectivity index (χ0v) is 10.5. The van der Waals surface area contributed by atoms with Crippen molar-refractivity contribution in [2.45, 2.75) is 26.2 Å². The van der Waals surface area contributed by atoms with Gasteiger partial charge in [0, 0.05) is 12.7 Å². The minimum Gasteiger partial charge on any atom is -0.369 e. The molecule has 82 valence electrons. The molecule has 0 amide bonds. The minimum atomic E-state index is 0.798. The van der Waals surface area contributed by atoms with Crippen molar-refractivity contribution in [1.29, 1.82) is 0 Å². The van der Waals surface area contributed by atoms with Crippen LogP contribution < -0.4 is 5.32 Å². The highest BCUT2D eigenvalue weighted by Crippen LogP contribution is 2.31. The third kappa shape index (κ3) is 2.68. The Bertz CT molecular complexity index is 329. The zero-order chi connectivity index (χ0) is 10.7. The summed E-state index contributed by atoms with van der Waals surface area (Å²) >= 11 is 3.43. The molecule has 0 aromatic carbocycles. The van der Waals surface area contributed by atoms with Crippen LogP contribution in [0.4, 0.5) is 5.82 Å². The van der Waals surface area contributed by atoms with Crippen LogP contribution in [0.25, 0.3) is 0 Å². The molecule has 0 spiro atoms. The van der Waals surface area contributed by atoms with Gasteiger partial charge in [-0.1, -0.05) is 19.8 Å². The van der Waals surface area contributed by atoms with E-state index in [-0.39, 0.29) is 0 Å². The Morgan fingerprint density at radius 2 is 2.40 bits per heavy atom. The first kappa shape index (κ1) is 10.9. The number of halogens is 1. The van der Waals surface area contributed by atoms with E-state index in [1.807, 2.05) is 0 Å². The molecule has 4 heteroatoms. The van der Waals surface area contributed by atoms with Crippen molar-refractivity contribution >= 4 is 21.7 Å². The van der Waals surface area contributed by atoms with Gasteiger partial charge < -0.3 is 5.32 Å². The molecule has 1 aliphatic rings. The van der Waals surface area contributed by atoms with E-state index in [0.717, 1.165) is 28.7 Å². The van der Waals surface area contributed by atoms with E-state index in [9.17, 15) is 0 Å². The van der Waals surface area contributed by atoms with E-state index in [1.54, 1.807) is 12.5 Å². The van der Waals surface area contributed by atoms with E-state index >= 15 is 0 Å². The predicted molar refractivity (Wildman–Crippen MR) is 64.7 cm³/mol. The van der Waals surface area contributed by atoms with Gasteiger partial charge in [-0.2, -0.15) is 0 Å². The molecule has 3 nitrogen and oxygen atoms in total. The lowest BCUT2D eigenvalue weighted by Crippen LogP contribution is -2.17. The summed E-state index contributed by atoms with van der Waals surface area (Å²) in [6, 6.07) is 0. The summed E-state index contributed by atoms with van der Waals surface area (Å²) in [7, 11) is 0. The number of nitrogens with zero attached hydrogens (tertiary/aromatic N) is 2. The Morgan fingerprint density at radius 1 is 1.53 bits per heavy atom. The Morgan fingerprint density at radius 3 is 3.07 bits per heavy atom. The lowest BCUT2D eigenvalue weighted by Gasteiger charge is -2.16. The summed E-state index contributed by atoms with van der Waals surface area (Å²) in [6.45, 7) is 3.37. The first-order valence-corrected chi connectivity index (χ1v) is 6.26. The van der Waals surface area contributed by atoms with Gasteiger partial charge in [-0.25, -0.2) is 9.97 Å². The smallest absolute Gasteiger partial charge is 0.143 e. The van der Waals surface area contributed by atoms with Crippen LogP contribution in [0.5, 0.6) is 0 Å². The average molecular weight is 270 g/mol. The highest BCUT2D eigenvalue weighted by molar-refractivity contribution is 9.10. The number of hydrogen-bond acceptors (Lipinski definition) is 3. The first-order chi connectivity index (χ1) is 7.27. The molecule has 1 heterocycles. The molecule has 1 aromatic heterocycles. The van der Waals surface area contributed by atoms with Crippen molar-refractivity contribution in [3.05, 3.63) is 17.0 Å². The second-order valence-electron chi connectivity index (χ2n) is 4.27. The highest BCUT2D eigenvalue weighted by atomic mass is 79.9. The molecular formula is C11H16BrN3. The normalized spacial score (nSPS) is 25.5. The molecule has 0 bridgehead atoms. The van der Waals surface area contributed by atoms with Crippen molar-refractivity contribution in [3.8, 4) is 0 Å². The molecule has 1 saturated carbocycles. The molecule has 0 saturated heterocycles. The second-order valence-corrected chi connectivity index (χ2v) is 5.12. The van der Waals surface area contributed by atoms with Gasteiger partial charge in [0.25, 0.3) is 0 Å². The monoisotopic (exact) mass is 269 g/mol. The molecule has 1 aromatic rings. The molecule has 0 aliphatic heterocycles. The summed E-state index contributed by atoms with van der Waals surface area (Å²) in [5.74, 6) is 2.55. The number of anilines is 1. The summed E-state index contributed by atoms with van der Waals surface area (Å²) in [6.07, 6.45) is 7.44. The lowest BCUT2D eigenvalue weighted by atomic mass is 9.98. The molecule has 1 aliphatic carbocycles. The highest BCUT2D eigenvalue weighted by Gasteiger charge is 2.23. The average Bonchev–Trinajstić information content (AvgIpc) is 2.63. The van der Waals surface area contributed by atoms with Crippen molar-refractivity contribution in [2.24, 2.45) is 11.8 Å². The van der Waals surface area contributed by atoms with Crippen LogP contribution in [0.1, 0.15) is 26.2 Å². The Kier molecular flexibility index (Phi) is 3.57. The number of hydrogen-bond donors (Lipinski definition) is 1. The van der Waals surface area contributed by atoms with Gasteiger partial charge in [0.05, 0.1) is 4.47 Å². The molecule has 15 heavy (non-hydrogen) atoms. The number of aromatic nitrogens is 2. The zero-order valence-electron chi connectivity index (χ0n) is 8.91. The predicted octanol–water partition coefficient (Wildman–Crippen LogP) is 3.09. The summed E-state index contributed by atoms with van der Waals surface area (Å²) in [5, 5.41) is 3.39. The van der Waals surface area contributed by atoms with Gasteiger partial charge >= 0.3 is 0 Å². The second kappa shape index (κ2) is 4.92. The first-order valence-electron chi connectivity index (χ1n) is 5.46. The molecule has 2 unspecified atom stereocenters. The fourth-order valence-corrected chi connectivity index (χ4v) is 2.56. The third-order valence-corrected chi connectivity index (χ3v) is 3.82. The van der Waals surface area contributed by atoms with Gasteiger partial charge in [0.15, 0.2) is 0 Å². The molecular weight excluding hydrogens is 254 g/mol. The van der Waals surface area contributed by atoms with Crippen molar-refractivity contribution in [3.63, 3.8) is 0 Å². The lowest BCUT2D eigenvalue weighted by molar-refractivity contribution is 0.439. The standard InChI is InChI=1S/C11H16BrN3/c1-8-3-2-4-9(8)5-14-11-10(12)6-13-7-15-11/h6-9H,2-5H2,1H3,(H,13,14,15). The van der Waals surface area contributed by atoms with E-state index in [1.165, 1.54) is 19.3 Å². The van der Waals surface area contributed by atoms with Gasteiger partial charge in [0.1, 0.15) is 12.1 Å². The van der Waals surface area contributed by atoms with Crippen molar-refractivity contribution < 1.29 is 0 Å². The largest absolute Gasteiger partial charge is 0.369 e. The molecule has 1 fully saturated rings. The van der Waals surface area contributed by atoms with E-state index in [0.29, 0.717) is 0 Å². The van der Waals surface area contributed by atoms with Gasteiger partial charge in [-0.05, 0) is 34.2 Å². The molecule has 1 N–H and O–H groups in total. The summed E-state index contributed by atoms with van der Waals surface area (Å²) in [5.41, 5.74) is 0. The topological polar surface area (TPSA) is 37.8 Å². The van der Waals surface area contributed by atoms with Crippen LogP contribution in [0, 0.1) is 11.8 Å². The summed E-state index contributed by atoms with van der Waals surface area (Å²) in [4.78, 5) is 8.14. The molecule has 2 rings (SSSR count). The minimum absolute atomic E-state index is 0.798. The van der Waals surface area contributed by atoms with Crippen LogP contribution in [-0.2, 0) is 0 Å². The van der Waals surface area contributed by atoms with Crippen LogP contribution in [0.15, 0.2) is 17.0 Å². The molecule has 0 radical (unpaired) electrons. The van der Waals surface area contributed by atoms with Gasteiger partial charge in [-0.15, -0.1) is 0 Å². The van der Waals surface area contributed by atoms with E-state index in [4.69, 9.17) is 0 Å². The van der Waals surface area contributed by atoms with Gasteiger partial charge in [0.2, 0.25) is 0 Å².